The van der Waals surface area contributed by atoms with Gasteiger partial charge in [0, 0.05) is 36.5 Å². The predicted octanol–water partition coefficient (Wildman–Crippen LogP) is 3.95. The Labute approximate surface area is 180 Å². The van der Waals surface area contributed by atoms with Gasteiger partial charge < -0.3 is 15.2 Å². The molecule has 2 aromatic rings. The largest absolute Gasteiger partial charge is 0.482 e. The highest BCUT2D eigenvalue weighted by Gasteiger charge is 2.38. The molecule has 0 radical (unpaired) electrons. The lowest BCUT2D eigenvalue weighted by Crippen LogP contribution is -2.22. The van der Waals surface area contributed by atoms with E-state index in [0.29, 0.717) is 22.6 Å². The number of ether oxygens (including phenoxy) is 1. The highest BCUT2D eigenvalue weighted by Crippen LogP contribution is 2.44. The zero-order valence-corrected chi connectivity index (χ0v) is 17.6. The molecule has 31 heavy (non-hydrogen) atoms. The fourth-order valence-corrected chi connectivity index (χ4v) is 4.61. The molecule has 3 heterocycles. The van der Waals surface area contributed by atoms with Crippen molar-refractivity contribution in [2.75, 3.05) is 18.4 Å². The van der Waals surface area contributed by atoms with Gasteiger partial charge in [0.25, 0.3) is 5.91 Å². The van der Waals surface area contributed by atoms with Gasteiger partial charge in [0.15, 0.2) is 0 Å². The van der Waals surface area contributed by atoms with E-state index in [1.807, 2.05) is 19.9 Å². The molecule has 160 valence electrons. The molecular weight excluding hydrogens is 395 g/mol. The van der Waals surface area contributed by atoms with Crippen LogP contribution in [-0.2, 0) is 16.1 Å². The highest BCUT2D eigenvalue weighted by molar-refractivity contribution is 6.32. The van der Waals surface area contributed by atoms with Crippen LogP contribution in [0.15, 0.2) is 54.3 Å². The Hall–Kier alpha value is -2.96. The number of aliphatic hydroxyl groups excluding tert-OH is 1. The van der Waals surface area contributed by atoms with Crippen molar-refractivity contribution in [2.24, 2.45) is 0 Å². The molecule has 3 aliphatic rings. The first-order valence-electron chi connectivity index (χ1n) is 10.6. The third-order valence-electron chi connectivity index (χ3n) is 6.18. The quantitative estimate of drug-likeness (QED) is 0.739. The van der Waals surface area contributed by atoms with Crippen molar-refractivity contribution in [3.05, 3.63) is 76.8 Å². The van der Waals surface area contributed by atoms with E-state index in [1.165, 1.54) is 17.7 Å². The standard InChI is InChI=1S/C25H25FN2O3/c1-25(2)20(16-5-3-15(4-6-16)13-28-10-9-18(29)14-28)12-22(31-25)23-19-11-17(26)7-8-21(19)27-24(23)30/h3-8,11-12,18,29H,9-10,13-14H2,1-2H3,(H,27,30)/b23-22+/t18-/m0/s1. The minimum absolute atomic E-state index is 0.223. The number of anilines is 1. The van der Waals surface area contributed by atoms with Gasteiger partial charge in [0.05, 0.1) is 11.7 Å². The van der Waals surface area contributed by atoms with Gasteiger partial charge in [0.2, 0.25) is 0 Å². The SMILES string of the molecule is CC1(C)O/C(=C2/C(=O)Nc3ccc(F)cc32)C=C1c1ccc(CN2CC[C@H](O)C2)cc1. The van der Waals surface area contributed by atoms with Gasteiger partial charge in [-0.25, -0.2) is 4.39 Å². The molecule has 0 bridgehead atoms. The average molecular weight is 420 g/mol. The summed E-state index contributed by atoms with van der Waals surface area (Å²) in [6, 6.07) is 12.6. The number of nitrogens with zero attached hydrogens (tertiary/aromatic N) is 1. The van der Waals surface area contributed by atoms with E-state index in [-0.39, 0.29) is 12.0 Å². The molecule has 5 nitrogen and oxygen atoms in total. The number of hydrogen-bond donors (Lipinski definition) is 2. The van der Waals surface area contributed by atoms with E-state index in [1.54, 1.807) is 6.07 Å². The van der Waals surface area contributed by atoms with Crippen LogP contribution in [0.4, 0.5) is 10.1 Å². The molecule has 2 N–H and O–H groups in total. The van der Waals surface area contributed by atoms with E-state index in [4.69, 9.17) is 4.74 Å². The number of carbonyl (C=O) groups is 1. The molecule has 0 aromatic heterocycles. The second kappa shape index (κ2) is 7.32. The number of rotatable bonds is 3. The first-order chi connectivity index (χ1) is 14.8. The zero-order valence-electron chi connectivity index (χ0n) is 17.6. The van der Waals surface area contributed by atoms with E-state index in [0.717, 1.165) is 37.2 Å². The number of aliphatic hydroxyl groups is 1. The van der Waals surface area contributed by atoms with Crippen LogP contribution in [0.5, 0.6) is 0 Å². The summed E-state index contributed by atoms with van der Waals surface area (Å²) in [4.78, 5) is 14.8. The van der Waals surface area contributed by atoms with E-state index < -0.39 is 11.4 Å². The van der Waals surface area contributed by atoms with Gasteiger partial charge in [0.1, 0.15) is 17.2 Å². The summed E-state index contributed by atoms with van der Waals surface area (Å²) >= 11 is 0. The molecule has 0 aliphatic carbocycles. The normalized spacial score (nSPS) is 24.7. The maximum atomic E-state index is 13.8. The van der Waals surface area contributed by atoms with E-state index in [2.05, 4.69) is 34.5 Å². The zero-order chi connectivity index (χ0) is 21.8. The Morgan fingerprint density at radius 1 is 1.23 bits per heavy atom. The maximum Gasteiger partial charge on any atom is 0.260 e. The smallest absolute Gasteiger partial charge is 0.260 e. The lowest BCUT2D eigenvalue weighted by atomic mass is 9.91. The molecule has 1 fully saturated rings. The van der Waals surface area contributed by atoms with Gasteiger partial charge in [-0.05, 0) is 55.7 Å². The van der Waals surface area contributed by atoms with Gasteiger partial charge in [-0.3, -0.25) is 9.69 Å². The highest BCUT2D eigenvalue weighted by atomic mass is 19.1. The number of halogens is 1. The molecule has 0 unspecified atom stereocenters. The summed E-state index contributed by atoms with van der Waals surface area (Å²) < 4.78 is 20.0. The predicted molar refractivity (Wildman–Crippen MR) is 117 cm³/mol. The lowest BCUT2D eigenvalue weighted by Gasteiger charge is -2.24. The molecule has 6 heteroatoms. The van der Waals surface area contributed by atoms with Crippen molar-refractivity contribution in [1.29, 1.82) is 0 Å². The fourth-order valence-electron chi connectivity index (χ4n) is 4.61. The second-order valence-electron chi connectivity index (χ2n) is 8.93. The van der Waals surface area contributed by atoms with E-state index in [9.17, 15) is 14.3 Å². The lowest BCUT2D eigenvalue weighted by molar-refractivity contribution is -0.111. The molecule has 0 spiro atoms. The van der Waals surface area contributed by atoms with Crippen molar-refractivity contribution in [1.82, 2.24) is 4.90 Å². The third kappa shape index (κ3) is 3.66. The third-order valence-corrected chi connectivity index (χ3v) is 6.18. The summed E-state index contributed by atoms with van der Waals surface area (Å²) in [6.07, 6.45) is 2.49. The van der Waals surface area contributed by atoms with Gasteiger partial charge in [-0.1, -0.05) is 24.3 Å². The number of likely N-dealkylation sites (tertiary alicyclic amines) is 1. The Balaban J connectivity index is 1.46. The summed E-state index contributed by atoms with van der Waals surface area (Å²) in [5, 5.41) is 12.5. The Kier molecular flexibility index (Phi) is 4.72. The first-order valence-corrected chi connectivity index (χ1v) is 10.6. The van der Waals surface area contributed by atoms with Gasteiger partial charge >= 0.3 is 0 Å². The number of benzene rings is 2. The summed E-state index contributed by atoms with van der Waals surface area (Å²) in [6.45, 7) is 6.37. The van der Waals surface area contributed by atoms with Gasteiger partial charge in [-0.15, -0.1) is 0 Å². The van der Waals surface area contributed by atoms with Gasteiger partial charge in [-0.2, -0.15) is 0 Å². The van der Waals surface area contributed by atoms with Crippen LogP contribution in [0, 0.1) is 5.82 Å². The molecule has 3 aliphatic heterocycles. The number of fused-ring (bicyclic) bond motifs is 1. The van der Waals surface area contributed by atoms with Crippen LogP contribution in [0.2, 0.25) is 0 Å². The molecular formula is C25H25FN2O3. The van der Waals surface area contributed by atoms with Crippen LogP contribution < -0.4 is 5.32 Å². The van der Waals surface area contributed by atoms with Crippen LogP contribution in [0.25, 0.3) is 11.1 Å². The number of nitrogens with one attached hydrogen (secondary N) is 1. The molecule has 0 saturated carbocycles. The summed E-state index contributed by atoms with van der Waals surface area (Å²) in [7, 11) is 0. The number of hydrogen-bond acceptors (Lipinski definition) is 4. The average Bonchev–Trinajstić information content (AvgIpc) is 3.36. The minimum atomic E-state index is -0.626. The maximum absolute atomic E-state index is 13.8. The Morgan fingerprint density at radius 3 is 2.71 bits per heavy atom. The van der Waals surface area contributed by atoms with Crippen molar-refractivity contribution >= 4 is 22.7 Å². The number of carbonyl (C=O) groups excluding carboxylic acids is 1. The van der Waals surface area contributed by atoms with Crippen molar-refractivity contribution in [2.45, 2.75) is 38.5 Å². The van der Waals surface area contributed by atoms with Crippen LogP contribution >= 0.6 is 0 Å². The van der Waals surface area contributed by atoms with Crippen molar-refractivity contribution in [3.8, 4) is 0 Å². The first kappa shape index (κ1) is 20.0. The number of β-amino-alcohol motifs (C(OH)–C–C–N with tert-alkyl or cyclic N) is 1. The molecule has 1 atom stereocenters. The summed E-state index contributed by atoms with van der Waals surface area (Å²) in [5.74, 6) is -0.222. The topological polar surface area (TPSA) is 61.8 Å². The molecule has 5 rings (SSSR count). The molecule has 2 aromatic carbocycles. The fraction of sp³-hybridized carbons (Fsp3) is 0.320. The Bertz CT molecular complexity index is 1120. The number of amides is 1. The Morgan fingerprint density at radius 2 is 2.00 bits per heavy atom. The van der Waals surface area contributed by atoms with Crippen LogP contribution in [0.3, 0.4) is 0 Å². The van der Waals surface area contributed by atoms with E-state index >= 15 is 0 Å². The van der Waals surface area contributed by atoms with Crippen molar-refractivity contribution < 1.29 is 19.0 Å². The minimum Gasteiger partial charge on any atom is -0.482 e. The monoisotopic (exact) mass is 420 g/mol. The van der Waals surface area contributed by atoms with Crippen LogP contribution in [-0.4, -0.2) is 40.7 Å². The number of allylic oxidation sites excluding steroid dienone is 1. The van der Waals surface area contributed by atoms with Crippen molar-refractivity contribution in [3.63, 3.8) is 0 Å². The molecule has 1 amide bonds. The molecule has 1 saturated heterocycles. The second-order valence-corrected chi connectivity index (χ2v) is 8.93. The summed E-state index contributed by atoms with van der Waals surface area (Å²) in [5.41, 5.74) is 4.03. The van der Waals surface area contributed by atoms with Crippen LogP contribution in [0.1, 0.15) is 37.0 Å².